The topological polar surface area (TPSA) is 85.0 Å². The van der Waals surface area contributed by atoms with Gasteiger partial charge in [0.25, 0.3) is 5.89 Å². The molecule has 2 aromatic heterocycles. The van der Waals surface area contributed by atoms with Crippen molar-refractivity contribution in [2.45, 2.75) is 25.2 Å². The van der Waals surface area contributed by atoms with Crippen molar-refractivity contribution in [3.05, 3.63) is 60.1 Å². The molecule has 4 rings (SSSR count). The molecule has 0 aliphatic carbocycles. The third kappa shape index (κ3) is 3.99. The maximum Gasteiger partial charge on any atom is 0.278 e. The van der Waals surface area contributed by atoms with Gasteiger partial charge in [-0.1, -0.05) is 17.3 Å². The Balaban J connectivity index is 1.43. The number of benzene rings is 1. The first-order chi connectivity index (χ1) is 13.2. The summed E-state index contributed by atoms with van der Waals surface area (Å²) >= 11 is 0. The average molecular weight is 367 g/mol. The third-order valence-corrected chi connectivity index (χ3v) is 4.63. The lowest BCUT2D eigenvalue weighted by molar-refractivity contribution is -0.131. The van der Waals surface area contributed by atoms with Crippen LogP contribution in [0.25, 0.3) is 11.6 Å². The summed E-state index contributed by atoms with van der Waals surface area (Å²) in [4.78, 5) is 27.0. The van der Waals surface area contributed by atoms with E-state index >= 15 is 0 Å². The van der Waals surface area contributed by atoms with E-state index in [1.807, 2.05) is 4.90 Å². The number of halogens is 1. The number of likely N-dealkylation sites (tertiary alicyclic amines) is 1. The predicted molar refractivity (Wildman–Crippen MR) is 94.0 cm³/mol. The normalized spacial score (nSPS) is 17.1. The third-order valence-electron chi connectivity index (χ3n) is 4.63. The van der Waals surface area contributed by atoms with E-state index < -0.39 is 0 Å². The molecule has 1 amide bonds. The maximum atomic E-state index is 13.0. The van der Waals surface area contributed by atoms with Crippen LogP contribution < -0.4 is 0 Å². The molecule has 0 bridgehead atoms. The molecule has 0 N–H and O–H groups in total. The van der Waals surface area contributed by atoms with Crippen LogP contribution in [0.5, 0.6) is 0 Å². The van der Waals surface area contributed by atoms with Crippen LogP contribution in [0.4, 0.5) is 4.39 Å². The van der Waals surface area contributed by atoms with Crippen LogP contribution in [-0.2, 0) is 11.2 Å². The number of hydrogen-bond acceptors (Lipinski definition) is 6. The zero-order chi connectivity index (χ0) is 18.6. The number of carbonyl (C=O) groups excluding carboxylic acids is 1. The van der Waals surface area contributed by atoms with E-state index in [0.717, 1.165) is 18.4 Å². The largest absolute Gasteiger partial charge is 0.342 e. The zero-order valence-electron chi connectivity index (χ0n) is 14.6. The molecule has 3 heterocycles. The number of nitrogens with zero attached hydrogens (tertiary/aromatic N) is 5. The summed E-state index contributed by atoms with van der Waals surface area (Å²) in [5, 5.41) is 4.07. The summed E-state index contributed by atoms with van der Waals surface area (Å²) in [7, 11) is 0. The highest BCUT2D eigenvalue weighted by atomic mass is 19.1. The molecule has 8 heteroatoms. The summed E-state index contributed by atoms with van der Waals surface area (Å²) in [6.07, 6.45) is 6.72. The standard InChI is InChI=1S/C19H18FN5O2/c20-15-5-3-13(4-6-15)10-17(26)25-9-1-2-14(12-25)18-23-19(27-24-18)16-11-21-7-8-22-16/h3-8,11,14H,1-2,9-10,12H2/t14-/m1/s1. The van der Waals surface area contributed by atoms with Crippen LogP contribution >= 0.6 is 0 Å². The second-order valence-corrected chi connectivity index (χ2v) is 6.53. The Labute approximate surface area is 155 Å². The fourth-order valence-corrected chi connectivity index (χ4v) is 3.22. The number of rotatable bonds is 4. The van der Waals surface area contributed by atoms with E-state index in [-0.39, 0.29) is 24.1 Å². The molecule has 1 aliphatic rings. The first kappa shape index (κ1) is 17.3. The first-order valence-corrected chi connectivity index (χ1v) is 8.81. The van der Waals surface area contributed by atoms with Crippen molar-refractivity contribution in [3.8, 4) is 11.6 Å². The lowest BCUT2D eigenvalue weighted by atomic mass is 9.96. The Hall–Kier alpha value is -3.16. The van der Waals surface area contributed by atoms with Gasteiger partial charge in [0, 0.05) is 31.4 Å². The van der Waals surface area contributed by atoms with E-state index in [2.05, 4.69) is 20.1 Å². The van der Waals surface area contributed by atoms with Crippen LogP contribution in [0.15, 0.2) is 47.4 Å². The molecular weight excluding hydrogens is 349 g/mol. The molecule has 27 heavy (non-hydrogen) atoms. The molecule has 3 aromatic rings. The molecule has 0 saturated carbocycles. The monoisotopic (exact) mass is 367 g/mol. The summed E-state index contributed by atoms with van der Waals surface area (Å²) in [5.74, 6) is 0.636. The Bertz CT molecular complexity index is 913. The summed E-state index contributed by atoms with van der Waals surface area (Å²) < 4.78 is 18.3. The average Bonchev–Trinajstić information content (AvgIpc) is 3.21. The molecule has 0 unspecified atom stereocenters. The quantitative estimate of drug-likeness (QED) is 0.705. The number of amides is 1. The van der Waals surface area contributed by atoms with Crippen molar-refractivity contribution in [2.24, 2.45) is 0 Å². The van der Waals surface area contributed by atoms with Gasteiger partial charge in [-0.25, -0.2) is 9.37 Å². The van der Waals surface area contributed by atoms with E-state index in [1.165, 1.54) is 12.1 Å². The minimum Gasteiger partial charge on any atom is -0.342 e. The molecule has 1 aromatic carbocycles. The van der Waals surface area contributed by atoms with Crippen molar-refractivity contribution in [2.75, 3.05) is 13.1 Å². The molecule has 7 nitrogen and oxygen atoms in total. The van der Waals surface area contributed by atoms with E-state index in [9.17, 15) is 9.18 Å². The molecular formula is C19H18FN5O2. The van der Waals surface area contributed by atoms with Crippen LogP contribution in [0.1, 0.15) is 30.1 Å². The molecule has 1 saturated heterocycles. The van der Waals surface area contributed by atoms with Crippen molar-refractivity contribution in [1.29, 1.82) is 0 Å². The minimum atomic E-state index is -0.305. The minimum absolute atomic E-state index is 0.0175. The fourth-order valence-electron chi connectivity index (χ4n) is 3.22. The Kier molecular flexibility index (Phi) is 4.86. The Morgan fingerprint density at radius 2 is 2.11 bits per heavy atom. The molecule has 0 spiro atoms. The van der Waals surface area contributed by atoms with Crippen LogP contribution in [0.2, 0.25) is 0 Å². The molecule has 1 fully saturated rings. The second kappa shape index (κ2) is 7.61. The smallest absolute Gasteiger partial charge is 0.278 e. The van der Waals surface area contributed by atoms with Crippen LogP contribution in [0.3, 0.4) is 0 Å². The Morgan fingerprint density at radius 3 is 2.89 bits per heavy atom. The van der Waals surface area contributed by atoms with Crippen LogP contribution in [-0.4, -0.2) is 44.0 Å². The van der Waals surface area contributed by atoms with Gasteiger partial charge in [0.1, 0.15) is 11.5 Å². The van der Waals surface area contributed by atoms with Crippen molar-refractivity contribution in [1.82, 2.24) is 25.0 Å². The molecule has 1 aliphatic heterocycles. The van der Waals surface area contributed by atoms with Gasteiger partial charge in [0.15, 0.2) is 5.82 Å². The fraction of sp³-hybridized carbons (Fsp3) is 0.316. The number of hydrogen-bond donors (Lipinski definition) is 0. The van der Waals surface area contributed by atoms with E-state index in [4.69, 9.17) is 4.52 Å². The van der Waals surface area contributed by atoms with Crippen LogP contribution in [0, 0.1) is 5.82 Å². The van der Waals surface area contributed by atoms with Gasteiger partial charge in [-0.15, -0.1) is 0 Å². The molecule has 0 radical (unpaired) electrons. The highest BCUT2D eigenvalue weighted by molar-refractivity contribution is 5.79. The number of piperidine rings is 1. The highest BCUT2D eigenvalue weighted by Gasteiger charge is 2.28. The summed E-state index contributed by atoms with van der Waals surface area (Å²) in [6, 6.07) is 6.02. The van der Waals surface area contributed by atoms with Gasteiger partial charge in [-0.05, 0) is 30.5 Å². The first-order valence-electron chi connectivity index (χ1n) is 8.81. The van der Waals surface area contributed by atoms with Gasteiger partial charge >= 0.3 is 0 Å². The lowest BCUT2D eigenvalue weighted by Crippen LogP contribution is -2.40. The Morgan fingerprint density at radius 1 is 1.26 bits per heavy atom. The second-order valence-electron chi connectivity index (χ2n) is 6.53. The molecule has 138 valence electrons. The van der Waals surface area contributed by atoms with Crippen molar-refractivity contribution >= 4 is 5.91 Å². The zero-order valence-corrected chi connectivity index (χ0v) is 14.6. The van der Waals surface area contributed by atoms with E-state index in [0.29, 0.717) is 30.5 Å². The van der Waals surface area contributed by atoms with Crippen molar-refractivity contribution < 1.29 is 13.7 Å². The van der Waals surface area contributed by atoms with Gasteiger partial charge < -0.3 is 9.42 Å². The van der Waals surface area contributed by atoms with Gasteiger partial charge in [0.05, 0.1) is 12.6 Å². The van der Waals surface area contributed by atoms with Gasteiger partial charge in [0.2, 0.25) is 5.91 Å². The highest BCUT2D eigenvalue weighted by Crippen LogP contribution is 2.27. The SMILES string of the molecule is O=C(Cc1ccc(F)cc1)N1CCC[C@@H](c2noc(-c3cnccn3)n2)C1. The van der Waals surface area contributed by atoms with Gasteiger partial charge in [-0.2, -0.15) is 4.98 Å². The summed E-state index contributed by atoms with van der Waals surface area (Å²) in [5.41, 5.74) is 1.32. The van der Waals surface area contributed by atoms with Gasteiger partial charge in [-0.3, -0.25) is 9.78 Å². The summed E-state index contributed by atoms with van der Waals surface area (Å²) in [6.45, 7) is 1.24. The number of aromatic nitrogens is 4. The maximum absolute atomic E-state index is 13.0. The predicted octanol–water partition coefficient (Wildman–Crippen LogP) is 2.61. The number of carbonyl (C=O) groups is 1. The van der Waals surface area contributed by atoms with E-state index in [1.54, 1.807) is 30.7 Å². The lowest BCUT2D eigenvalue weighted by Gasteiger charge is -2.31. The van der Waals surface area contributed by atoms with Crippen molar-refractivity contribution in [3.63, 3.8) is 0 Å². The molecule has 1 atom stereocenters.